The van der Waals surface area contributed by atoms with E-state index in [1.807, 2.05) is 36.4 Å². The average Bonchev–Trinajstić information content (AvgIpc) is 3.90. The third-order valence-corrected chi connectivity index (χ3v) is 11.9. The zero-order chi connectivity index (χ0) is 41.0. The molecule has 9 aromatic carbocycles. The van der Waals surface area contributed by atoms with E-state index in [0.717, 1.165) is 99.5 Å². The van der Waals surface area contributed by atoms with Crippen LogP contribution in [0.3, 0.4) is 0 Å². The fourth-order valence-electron chi connectivity index (χ4n) is 8.87. The Balaban J connectivity index is 1.11. The monoisotopic (exact) mass is 792 g/mol. The Kier molecular flexibility index (Phi) is 8.42. The lowest BCUT2D eigenvalue weighted by Gasteiger charge is -2.17. The summed E-state index contributed by atoms with van der Waals surface area (Å²) in [5.41, 5.74) is 14.2. The van der Waals surface area contributed by atoms with E-state index in [9.17, 15) is 0 Å². The number of nitrogens with zero attached hydrogens (tertiary/aromatic N) is 4. The van der Waals surface area contributed by atoms with Crippen LogP contribution in [0.5, 0.6) is 0 Å². The maximum Gasteiger partial charge on any atom is 0.166 e. The molecule has 0 saturated carbocycles. The Morgan fingerprint density at radius 1 is 0.306 bits per heavy atom. The van der Waals surface area contributed by atoms with Gasteiger partial charge in [0.1, 0.15) is 11.2 Å². The normalized spacial score (nSPS) is 11.5. The highest BCUT2D eigenvalue weighted by molar-refractivity contribution is 6.13. The lowest BCUT2D eigenvalue weighted by atomic mass is 10.00. The number of furan rings is 1. The summed E-state index contributed by atoms with van der Waals surface area (Å²) in [4.78, 5) is 15.7. The molecule has 0 amide bonds. The predicted molar refractivity (Wildman–Crippen MR) is 254 cm³/mol. The van der Waals surface area contributed by atoms with Crippen LogP contribution >= 0.6 is 0 Å². The fraction of sp³-hybridized carbons (Fsp3) is 0. The molecule has 5 heteroatoms. The summed E-state index contributed by atoms with van der Waals surface area (Å²) >= 11 is 0. The van der Waals surface area contributed by atoms with Crippen molar-refractivity contribution in [2.45, 2.75) is 0 Å². The Hall–Kier alpha value is -8.41. The van der Waals surface area contributed by atoms with E-state index in [-0.39, 0.29) is 0 Å². The third-order valence-electron chi connectivity index (χ3n) is 11.9. The van der Waals surface area contributed by atoms with Crippen LogP contribution in [-0.4, -0.2) is 19.5 Å². The molecule has 0 saturated heterocycles. The van der Waals surface area contributed by atoms with Gasteiger partial charge in [-0.25, -0.2) is 15.0 Å². The van der Waals surface area contributed by atoms with Gasteiger partial charge in [-0.3, -0.25) is 0 Å². The molecular formula is C57H36N4O. The first-order valence-corrected chi connectivity index (χ1v) is 20.8. The van der Waals surface area contributed by atoms with E-state index in [2.05, 4.69) is 187 Å². The van der Waals surface area contributed by atoms with Gasteiger partial charge < -0.3 is 8.98 Å². The number of hydrogen-bond acceptors (Lipinski definition) is 4. The minimum atomic E-state index is 0.588. The molecule has 0 bridgehead atoms. The first-order chi connectivity index (χ1) is 30.7. The highest BCUT2D eigenvalue weighted by atomic mass is 16.3. The molecule has 0 aliphatic rings. The Morgan fingerprint density at radius 3 is 1.56 bits per heavy atom. The molecule has 3 aromatic heterocycles. The fourth-order valence-corrected chi connectivity index (χ4v) is 8.87. The number of fused-ring (bicyclic) bond motifs is 6. The number of rotatable bonds is 7. The second kappa shape index (κ2) is 14.7. The smallest absolute Gasteiger partial charge is 0.166 e. The molecule has 5 nitrogen and oxygen atoms in total. The molecule has 0 spiro atoms. The van der Waals surface area contributed by atoms with Crippen molar-refractivity contribution in [2.75, 3.05) is 0 Å². The lowest BCUT2D eigenvalue weighted by molar-refractivity contribution is 0.670. The average molecular weight is 793 g/mol. The van der Waals surface area contributed by atoms with Gasteiger partial charge in [0.05, 0.1) is 16.7 Å². The molecule has 290 valence electrons. The third kappa shape index (κ3) is 6.06. The Bertz CT molecular complexity index is 3610. The van der Waals surface area contributed by atoms with Gasteiger partial charge in [-0.15, -0.1) is 0 Å². The zero-order valence-corrected chi connectivity index (χ0v) is 33.5. The molecule has 62 heavy (non-hydrogen) atoms. The standard InChI is InChI=1S/C57H36N4O/c1-4-15-37(16-5-1)39-27-29-41(30-28-39)56-58-55(40-19-8-3-9-20-40)59-57(60-56)49-34-31-42(38-17-6-2-7-18-38)35-52(49)61-50-25-12-10-21-45(50)46-33-32-43(36-51(46)61)44-23-14-24-48-47-22-11-13-26-53(47)62-54(44)48/h1-36H. The minimum absolute atomic E-state index is 0.588. The van der Waals surface area contributed by atoms with Crippen molar-refractivity contribution in [1.29, 1.82) is 0 Å². The SMILES string of the molecule is c1ccc(-c2ccc(-c3nc(-c4ccccc4)nc(-c4ccc(-c5ccccc5)cc4-n4c5ccccc5c5ccc(-c6cccc7c6oc6ccccc67)cc54)n3)cc2)cc1. The number of aromatic nitrogens is 4. The van der Waals surface area contributed by atoms with Gasteiger partial charge in [-0.2, -0.15) is 0 Å². The van der Waals surface area contributed by atoms with Crippen molar-refractivity contribution in [2.24, 2.45) is 0 Å². The summed E-state index contributed by atoms with van der Waals surface area (Å²) in [6.45, 7) is 0. The number of benzene rings is 9. The summed E-state index contributed by atoms with van der Waals surface area (Å²) in [6, 6.07) is 76.3. The molecule has 12 aromatic rings. The van der Waals surface area contributed by atoms with Gasteiger partial charge in [0.25, 0.3) is 0 Å². The molecule has 0 N–H and O–H groups in total. The van der Waals surface area contributed by atoms with Crippen LogP contribution in [0.4, 0.5) is 0 Å². The van der Waals surface area contributed by atoms with E-state index in [0.29, 0.717) is 17.5 Å². The molecule has 3 heterocycles. The first kappa shape index (κ1) is 35.5. The second-order valence-electron chi connectivity index (χ2n) is 15.6. The van der Waals surface area contributed by atoms with E-state index in [1.165, 1.54) is 0 Å². The van der Waals surface area contributed by atoms with Crippen molar-refractivity contribution in [3.05, 3.63) is 218 Å². The lowest BCUT2D eigenvalue weighted by Crippen LogP contribution is -2.04. The second-order valence-corrected chi connectivity index (χ2v) is 15.6. The Labute approximate surface area is 357 Å². The molecule has 0 atom stereocenters. The van der Waals surface area contributed by atoms with Gasteiger partial charge in [0, 0.05) is 43.8 Å². The minimum Gasteiger partial charge on any atom is -0.455 e. The van der Waals surface area contributed by atoms with Crippen LogP contribution in [0.25, 0.3) is 117 Å². The van der Waals surface area contributed by atoms with Gasteiger partial charge in [0.15, 0.2) is 17.5 Å². The maximum atomic E-state index is 6.56. The molecular weight excluding hydrogens is 757 g/mol. The maximum absolute atomic E-state index is 6.56. The van der Waals surface area contributed by atoms with Gasteiger partial charge in [-0.05, 0) is 58.1 Å². The van der Waals surface area contributed by atoms with Gasteiger partial charge >= 0.3 is 0 Å². The van der Waals surface area contributed by atoms with E-state index < -0.39 is 0 Å². The summed E-state index contributed by atoms with van der Waals surface area (Å²) in [7, 11) is 0. The summed E-state index contributed by atoms with van der Waals surface area (Å²) in [5.74, 6) is 1.80. The summed E-state index contributed by atoms with van der Waals surface area (Å²) in [5, 5.41) is 4.52. The van der Waals surface area contributed by atoms with Crippen LogP contribution < -0.4 is 0 Å². The van der Waals surface area contributed by atoms with Gasteiger partial charge in [-0.1, -0.05) is 188 Å². The van der Waals surface area contributed by atoms with Crippen LogP contribution in [0.2, 0.25) is 0 Å². The predicted octanol–water partition coefficient (Wildman–Crippen LogP) is 14.9. The van der Waals surface area contributed by atoms with Crippen molar-refractivity contribution in [1.82, 2.24) is 19.5 Å². The largest absolute Gasteiger partial charge is 0.455 e. The van der Waals surface area contributed by atoms with Crippen LogP contribution in [-0.2, 0) is 0 Å². The van der Waals surface area contributed by atoms with Crippen molar-refractivity contribution in [3.8, 4) is 73.2 Å². The van der Waals surface area contributed by atoms with E-state index in [4.69, 9.17) is 19.4 Å². The molecule has 0 fully saturated rings. The Morgan fingerprint density at radius 2 is 0.823 bits per heavy atom. The highest BCUT2D eigenvalue weighted by Gasteiger charge is 2.22. The van der Waals surface area contributed by atoms with Crippen molar-refractivity contribution >= 4 is 43.7 Å². The zero-order valence-electron chi connectivity index (χ0n) is 33.5. The topological polar surface area (TPSA) is 56.7 Å². The van der Waals surface area contributed by atoms with Crippen LogP contribution in [0, 0.1) is 0 Å². The summed E-state index contributed by atoms with van der Waals surface area (Å²) < 4.78 is 8.94. The first-order valence-electron chi connectivity index (χ1n) is 20.8. The van der Waals surface area contributed by atoms with Crippen LogP contribution in [0.1, 0.15) is 0 Å². The van der Waals surface area contributed by atoms with Crippen molar-refractivity contribution in [3.63, 3.8) is 0 Å². The molecule has 12 rings (SSSR count). The quantitative estimate of drug-likeness (QED) is 0.161. The molecule has 0 aliphatic carbocycles. The molecule has 0 radical (unpaired) electrons. The highest BCUT2D eigenvalue weighted by Crippen LogP contribution is 2.42. The molecule has 0 unspecified atom stereocenters. The number of hydrogen-bond donors (Lipinski definition) is 0. The van der Waals surface area contributed by atoms with E-state index >= 15 is 0 Å². The number of para-hydroxylation sites is 3. The molecule has 0 aliphatic heterocycles. The van der Waals surface area contributed by atoms with Crippen LogP contribution in [0.15, 0.2) is 223 Å². The van der Waals surface area contributed by atoms with Crippen molar-refractivity contribution < 1.29 is 4.42 Å². The summed E-state index contributed by atoms with van der Waals surface area (Å²) in [6.07, 6.45) is 0. The van der Waals surface area contributed by atoms with Gasteiger partial charge in [0.2, 0.25) is 0 Å². The van der Waals surface area contributed by atoms with E-state index in [1.54, 1.807) is 0 Å².